The van der Waals surface area contributed by atoms with Gasteiger partial charge in [-0.15, -0.1) is 0 Å². The average molecular weight is 532 g/mol. The highest BCUT2D eigenvalue weighted by atomic mass is 16.5. The van der Waals surface area contributed by atoms with E-state index in [0.29, 0.717) is 24.3 Å². The minimum atomic E-state index is 0.0908. The number of nitrogens with zero attached hydrogens (tertiary/aromatic N) is 4. The van der Waals surface area contributed by atoms with Crippen LogP contribution < -0.4 is 14.8 Å². The van der Waals surface area contributed by atoms with E-state index >= 15 is 0 Å². The Morgan fingerprint density at radius 3 is 2.50 bits per heavy atom. The smallest absolute Gasteiger partial charge is 0.213 e. The molecule has 1 aliphatic heterocycles. The zero-order valence-electron chi connectivity index (χ0n) is 22.2. The molecule has 5 aromatic rings. The van der Waals surface area contributed by atoms with Crippen LogP contribution in [0.1, 0.15) is 18.5 Å². The Hall–Kier alpha value is -4.45. The van der Waals surface area contributed by atoms with Crippen molar-refractivity contribution in [1.82, 2.24) is 24.8 Å². The van der Waals surface area contributed by atoms with Crippen molar-refractivity contribution in [3.63, 3.8) is 0 Å². The van der Waals surface area contributed by atoms with Crippen LogP contribution in [-0.2, 0) is 11.8 Å². The molecule has 0 radical (unpaired) electrons. The van der Waals surface area contributed by atoms with Crippen molar-refractivity contribution < 1.29 is 14.2 Å². The SMILES string of the molecule is Cn1c2ccncc2c2ccc(-c3ccc(O[C@H]4C[C@H](Oc5ccc(C#CCOC6CNC6)nc5)C4)nc3)cc21. The number of pyridine rings is 3. The van der Waals surface area contributed by atoms with Gasteiger partial charge in [0.1, 0.15) is 30.3 Å². The number of aromatic nitrogens is 4. The fraction of sp³-hybridized carbons (Fsp3) is 0.281. The molecule has 0 spiro atoms. The summed E-state index contributed by atoms with van der Waals surface area (Å²) in [5.41, 5.74) is 5.23. The molecule has 8 nitrogen and oxygen atoms in total. The Balaban J connectivity index is 0.912. The minimum absolute atomic E-state index is 0.0908. The van der Waals surface area contributed by atoms with Gasteiger partial charge in [-0.1, -0.05) is 18.1 Å². The van der Waals surface area contributed by atoms with Crippen molar-refractivity contribution in [3.8, 4) is 34.6 Å². The number of hydrogen-bond donors (Lipinski definition) is 1. The van der Waals surface area contributed by atoms with Crippen molar-refractivity contribution in [2.75, 3.05) is 19.7 Å². The molecule has 4 aromatic heterocycles. The van der Waals surface area contributed by atoms with Gasteiger partial charge in [-0.2, -0.15) is 0 Å². The lowest BCUT2D eigenvalue weighted by Crippen LogP contribution is -2.48. The number of aryl methyl sites for hydroxylation is 1. The molecule has 1 N–H and O–H groups in total. The molecular weight excluding hydrogens is 502 g/mol. The summed E-state index contributed by atoms with van der Waals surface area (Å²) in [6.07, 6.45) is 9.47. The topological polar surface area (TPSA) is 83.3 Å². The van der Waals surface area contributed by atoms with Crippen LogP contribution in [0.25, 0.3) is 32.9 Å². The molecule has 8 heteroatoms. The molecule has 0 bridgehead atoms. The molecule has 7 rings (SSSR count). The van der Waals surface area contributed by atoms with Crippen LogP contribution in [0, 0.1) is 11.8 Å². The van der Waals surface area contributed by atoms with Crippen LogP contribution in [0.2, 0.25) is 0 Å². The normalized spacial score (nSPS) is 18.5. The molecule has 1 aliphatic carbocycles. The minimum Gasteiger partial charge on any atom is -0.489 e. The average Bonchev–Trinajstić information content (AvgIpc) is 3.23. The lowest BCUT2D eigenvalue weighted by molar-refractivity contribution is 0.00209. The summed E-state index contributed by atoms with van der Waals surface area (Å²) < 4.78 is 19.9. The number of hydrogen-bond acceptors (Lipinski definition) is 7. The highest BCUT2D eigenvalue weighted by molar-refractivity contribution is 6.08. The Bertz CT molecular complexity index is 1710. The molecule has 2 fully saturated rings. The second kappa shape index (κ2) is 10.6. The van der Waals surface area contributed by atoms with Gasteiger partial charge in [0, 0.05) is 79.5 Å². The Labute approximate surface area is 232 Å². The van der Waals surface area contributed by atoms with E-state index in [1.165, 1.54) is 16.4 Å². The van der Waals surface area contributed by atoms with E-state index in [1.807, 2.05) is 42.9 Å². The molecule has 1 aromatic carbocycles. The van der Waals surface area contributed by atoms with Crippen molar-refractivity contribution >= 4 is 21.8 Å². The zero-order valence-corrected chi connectivity index (χ0v) is 22.2. The number of ether oxygens (including phenoxy) is 3. The molecule has 0 unspecified atom stereocenters. The van der Waals surface area contributed by atoms with Crippen LogP contribution in [0.5, 0.6) is 11.6 Å². The zero-order chi connectivity index (χ0) is 26.9. The van der Waals surface area contributed by atoms with E-state index in [0.717, 1.165) is 48.2 Å². The van der Waals surface area contributed by atoms with Crippen LogP contribution in [0.15, 0.2) is 73.3 Å². The maximum absolute atomic E-state index is 6.09. The standard InChI is InChI=1S/C32H29N5O3/c1-37-30-10-11-33-20-29(30)28-8-4-21(13-31(28)37)22-5-9-32(36-16-22)40-26-14-25(15-26)39-24-7-6-23(35-19-24)3-2-12-38-27-17-34-18-27/h4-11,13,16,19-20,25-27,34H,12,14-15,17-18H2,1H3/t25-,26-. The van der Waals surface area contributed by atoms with Gasteiger partial charge in [-0.25, -0.2) is 9.97 Å². The molecular formula is C32H29N5O3. The molecule has 5 heterocycles. The van der Waals surface area contributed by atoms with Crippen LogP contribution in [0.4, 0.5) is 0 Å². The molecule has 200 valence electrons. The molecule has 40 heavy (non-hydrogen) atoms. The largest absolute Gasteiger partial charge is 0.489 e. The van der Waals surface area contributed by atoms with Gasteiger partial charge in [-0.3, -0.25) is 4.98 Å². The number of benzene rings is 1. The quantitative estimate of drug-likeness (QED) is 0.310. The number of rotatable bonds is 7. The molecule has 0 atom stereocenters. The highest BCUT2D eigenvalue weighted by Crippen LogP contribution is 2.32. The van der Waals surface area contributed by atoms with Crippen molar-refractivity contribution in [1.29, 1.82) is 0 Å². The maximum atomic E-state index is 6.09. The number of fused-ring (bicyclic) bond motifs is 3. The van der Waals surface area contributed by atoms with Gasteiger partial charge in [0.2, 0.25) is 5.88 Å². The van der Waals surface area contributed by atoms with E-state index in [9.17, 15) is 0 Å². The molecule has 2 aliphatic rings. The van der Waals surface area contributed by atoms with Crippen LogP contribution in [0.3, 0.4) is 0 Å². The third kappa shape index (κ3) is 4.97. The lowest BCUT2D eigenvalue weighted by Gasteiger charge is -2.34. The van der Waals surface area contributed by atoms with Crippen LogP contribution in [-0.4, -0.2) is 57.5 Å². The molecule has 1 saturated carbocycles. The van der Waals surface area contributed by atoms with Gasteiger partial charge in [-0.05, 0) is 41.8 Å². The van der Waals surface area contributed by atoms with Gasteiger partial charge in [0.05, 0.1) is 17.8 Å². The summed E-state index contributed by atoms with van der Waals surface area (Å²) >= 11 is 0. The lowest BCUT2D eigenvalue weighted by atomic mass is 9.92. The third-order valence-corrected chi connectivity index (χ3v) is 7.61. The van der Waals surface area contributed by atoms with E-state index in [-0.39, 0.29) is 12.2 Å². The first kappa shape index (κ1) is 24.6. The first-order valence-corrected chi connectivity index (χ1v) is 13.6. The van der Waals surface area contributed by atoms with Crippen molar-refractivity contribution in [3.05, 3.63) is 79.0 Å². The Morgan fingerprint density at radius 1 is 0.850 bits per heavy atom. The maximum Gasteiger partial charge on any atom is 0.213 e. The Morgan fingerprint density at radius 2 is 1.73 bits per heavy atom. The first-order valence-electron chi connectivity index (χ1n) is 13.6. The van der Waals surface area contributed by atoms with Gasteiger partial charge >= 0.3 is 0 Å². The summed E-state index contributed by atoms with van der Waals surface area (Å²) in [6.45, 7) is 2.24. The van der Waals surface area contributed by atoms with Crippen molar-refractivity contribution in [2.45, 2.75) is 31.2 Å². The van der Waals surface area contributed by atoms with E-state index in [4.69, 9.17) is 14.2 Å². The second-order valence-corrected chi connectivity index (χ2v) is 10.3. The fourth-order valence-corrected chi connectivity index (χ4v) is 5.12. The van der Waals surface area contributed by atoms with E-state index < -0.39 is 0 Å². The monoisotopic (exact) mass is 531 g/mol. The summed E-state index contributed by atoms with van der Waals surface area (Å²) in [7, 11) is 2.09. The predicted molar refractivity (Wildman–Crippen MR) is 153 cm³/mol. The van der Waals surface area contributed by atoms with Crippen molar-refractivity contribution in [2.24, 2.45) is 7.05 Å². The molecule has 0 amide bonds. The summed E-state index contributed by atoms with van der Waals surface area (Å²) in [6, 6.07) is 16.3. The first-order chi connectivity index (χ1) is 19.7. The molecule has 1 saturated heterocycles. The predicted octanol–water partition coefficient (Wildman–Crippen LogP) is 4.51. The van der Waals surface area contributed by atoms with E-state index in [1.54, 1.807) is 6.20 Å². The van der Waals surface area contributed by atoms with E-state index in [2.05, 4.69) is 68.0 Å². The highest BCUT2D eigenvalue weighted by Gasteiger charge is 2.33. The second-order valence-electron chi connectivity index (χ2n) is 10.3. The Kier molecular flexibility index (Phi) is 6.52. The summed E-state index contributed by atoms with van der Waals surface area (Å²) in [5.74, 6) is 7.41. The van der Waals surface area contributed by atoms with Crippen LogP contribution >= 0.6 is 0 Å². The summed E-state index contributed by atoms with van der Waals surface area (Å²) in [4.78, 5) is 13.2. The fourth-order valence-electron chi connectivity index (χ4n) is 5.12. The van der Waals surface area contributed by atoms with Gasteiger partial charge in [0.15, 0.2) is 0 Å². The van der Waals surface area contributed by atoms with Gasteiger partial charge in [0.25, 0.3) is 0 Å². The third-order valence-electron chi connectivity index (χ3n) is 7.61. The summed E-state index contributed by atoms with van der Waals surface area (Å²) in [5, 5.41) is 5.54. The number of nitrogens with one attached hydrogen (secondary N) is 1. The van der Waals surface area contributed by atoms with Gasteiger partial charge < -0.3 is 24.1 Å².